The van der Waals surface area contributed by atoms with Crippen molar-refractivity contribution >= 4 is 57.6 Å². The molecule has 0 spiro atoms. The van der Waals surface area contributed by atoms with Gasteiger partial charge >= 0.3 is 0 Å². The maximum absolute atomic E-state index is 6.23. The van der Waals surface area contributed by atoms with Gasteiger partial charge in [-0.15, -0.1) is 36.7 Å². The van der Waals surface area contributed by atoms with Crippen molar-refractivity contribution in [2.45, 2.75) is 47.7 Å². The second kappa shape index (κ2) is 28.9. The number of hydrogen-bond donors (Lipinski definition) is 0. The van der Waals surface area contributed by atoms with E-state index < -0.39 is 10.8 Å². The van der Waals surface area contributed by atoms with Crippen LogP contribution in [-0.4, -0.2) is 55.9 Å². The van der Waals surface area contributed by atoms with E-state index in [0.29, 0.717) is 39.6 Å². The molecule has 97 heavy (non-hydrogen) atoms. The predicted molar refractivity (Wildman–Crippen MR) is 408 cm³/mol. The van der Waals surface area contributed by atoms with Gasteiger partial charge < -0.3 is 28.7 Å². The molecule has 0 bridgehead atoms. The monoisotopic (exact) mass is 1300 g/mol. The zero-order valence-electron chi connectivity index (χ0n) is 55.4. The van der Waals surface area contributed by atoms with Crippen LogP contribution in [0.4, 0.5) is 34.1 Å². The van der Waals surface area contributed by atoms with Crippen molar-refractivity contribution in [3.05, 3.63) is 355 Å². The van der Waals surface area contributed by atoms with E-state index in [2.05, 4.69) is 315 Å². The van der Waals surface area contributed by atoms with E-state index in [0.717, 1.165) is 74.7 Å². The van der Waals surface area contributed by atoms with Crippen LogP contribution in [0.25, 0.3) is 33.4 Å². The van der Waals surface area contributed by atoms with Gasteiger partial charge in [-0.2, -0.15) is 0 Å². The van der Waals surface area contributed by atoms with Crippen molar-refractivity contribution in [1.29, 1.82) is 0 Å². The summed E-state index contributed by atoms with van der Waals surface area (Å²) in [5, 5.41) is 0. The highest BCUT2D eigenvalue weighted by atomic mass is 32.2. The van der Waals surface area contributed by atoms with E-state index in [-0.39, 0.29) is 4.75 Å². The van der Waals surface area contributed by atoms with Crippen LogP contribution in [0, 0.1) is 0 Å². The van der Waals surface area contributed by atoms with E-state index in [1.54, 1.807) is 11.8 Å². The summed E-state index contributed by atoms with van der Waals surface area (Å²) < 4.78 is 23.6. The molecule has 0 saturated heterocycles. The molecule has 11 aromatic carbocycles. The van der Waals surface area contributed by atoms with E-state index in [4.69, 9.17) is 18.9 Å². The Hall–Kier alpha value is -9.80. The molecule has 6 nitrogen and oxygen atoms in total. The summed E-state index contributed by atoms with van der Waals surface area (Å²) >= 11 is 3.73. The average molecular weight is 1310 g/mol. The van der Waals surface area contributed by atoms with Crippen LogP contribution in [0.3, 0.4) is 0 Å². The van der Waals surface area contributed by atoms with Crippen molar-refractivity contribution in [2.24, 2.45) is 0 Å². The second-order valence-corrected chi connectivity index (χ2v) is 27.5. The maximum Gasteiger partial charge on any atom is 0.119 e. The third-order valence-electron chi connectivity index (χ3n) is 19.1. The summed E-state index contributed by atoms with van der Waals surface area (Å²) in [6.07, 6.45) is 12.2. The van der Waals surface area contributed by atoms with Gasteiger partial charge in [-0.25, -0.2) is 0 Å². The zero-order chi connectivity index (χ0) is 66.2. The van der Waals surface area contributed by atoms with Crippen molar-refractivity contribution in [3.63, 3.8) is 0 Å². The summed E-state index contributed by atoms with van der Waals surface area (Å²) in [6, 6.07) is 98.5. The molecule has 0 radical (unpaired) electrons. The Balaban J connectivity index is 0.826. The molecule has 3 atom stereocenters. The van der Waals surface area contributed by atoms with Gasteiger partial charge in [-0.1, -0.05) is 188 Å². The first-order valence-corrected chi connectivity index (χ1v) is 35.8. The lowest BCUT2D eigenvalue weighted by Crippen LogP contribution is -2.32. The summed E-state index contributed by atoms with van der Waals surface area (Å²) in [7, 11) is 0. The molecule has 0 aromatic heterocycles. The number of anilines is 6. The van der Waals surface area contributed by atoms with Gasteiger partial charge in [0, 0.05) is 68.5 Å². The number of para-hydroxylation sites is 2. The summed E-state index contributed by atoms with van der Waals surface area (Å²) in [6.45, 7) is 17.8. The standard InChI is InChI=1S/C89H80N2O4S2/c1-6-60-96-78-48-36-68(37-49-78)88(66-32-44-76(45-33-66)94-58-56-92-8-3)83-26-18-16-24-79(83)81-50-42-74(62-85(81)88)90(70-20-12-10-13-21-70)72-38-28-64(29-39-72)65-30-40-73(41-31-65)91(71-22-14-11-15-23-71)75-43-51-82-80-25-17-19-27-84(80)89(86(82)63-75,69-52-54-87(5,55-53-69)97-61-7-2)67-34-46-77(47-35-67)95-59-57-93-9-4/h6-7,10-54,62-63H,1-2,8-9,55-61H2,3-5H3. The fraction of sp³-hybridized carbons (Fsp3) is 0.169. The fourth-order valence-corrected chi connectivity index (χ4v) is 16.2. The summed E-state index contributed by atoms with van der Waals surface area (Å²) in [5.74, 6) is 3.37. The lowest BCUT2D eigenvalue weighted by Gasteiger charge is -2.38. The van der Waals surface area contributed by atoms with Crippen LogP contribution in [0.1, 0.15) is 66.1 Å². The first kappa shape index (κ1) is 64.5. The van der Waals surface area contributed by atoms with Crippen LogP contribution in [0.5, 0.6) is 11.5 Å². The molecule has 3 aliphatic rings. The number of hydrogen-bond acceptors (Lipinski definition) is 8. The van der Waals surface area contributed by atoms with Crippen LogP contribution in [-0.2, 0) is 20.3 Å². The Morgan fingerprint density at radius 2 is 0.825 bits per heavy atom. The summed E-state index contributed by atoms with van der Waals surface area (Å²) in [4.78, 5) is 6.00. The Morgan fingerprint density at radius 3 is 1.29 bits per heavy atom. The topological polar surface area (TPSA) is 43.4 Å². The molecule has 11 aromatic rings. The Labute approximate surface area is 581 Å². The van der Waals surface area contributed by atoms with Crippen LogP contribution < -0.4 is 19.3 Å². The molecular weight excluding hydrogens is 1230 g/mol. The van der Waals surface area contributed by atoms with Crippen molar-refractivity contribution < 1.29 is 18.9 Å². The third kappa shape index (κ3) is 12.5. The van der Waals surface area contributed by atoms with Crippen molar-refractivity contribution in [1.82, 2.24) is 0 Å². The molecule has 0 amide bonds. The van der Waals surface area contributed by atoms with E-state index in [9.17, 15) is 0 Å². The maximum atomic E-state index is 6.23. The predicted octanol–water partition coefficient (Wildman–Crippen LogP) is 22.6. The zero-order valence-corrected chi connectivity index (χ0v) is 57.0. The highest BCUT2D eigenvalue weighted by molar-refractivity contribution is 8.01. The van der Waals surface area contributed by atoms with E-state index in [1.165, 1.54) is 71.7 Å². The number of ether oxygens (including phenoxy) is 4. The SMILES string of the molecule is C=CCSc1ccc(C2(c3ccc(OCCOCC)cc3)c3ccccc3-c3ccc(N(c4ccccc4)c4ccc(-c5ccc(N(c6ccccc6)c6ccc7c(c6)C(C6=CCC(C)(SCC=C)C=C6)(c6ccc(OCCOCC)cc6)c6ccccc6-7)cc5)cc4)cc32)cc1. The van der Waals surface area contributed by atoms with Crippen LogP contribution in [0.2, 0.25) is 0 Å². The van der Waals surface area contributed by atoms with Gasteiger partial charge in [-0.3, -0.25) is 0 Å². The number of rotatable bonds is 27. The van der Waals surface area contributed by atoms with Crippen LogP contribution in [0.15, 0.2) is 321 Å². The highest BCUT2D eigenvalue weighted by Gasteiger charge is 2.49. The molecular formula is C89H80N2O4S2. The van der Waals surface area contributed by atoms with Gasteiger partial charge in [-0.05, 0) is 214 Å². The van der Waals surface area contributed by atoms with Gasteiger partial charge in [0.15, 0.2) is 0 Å². The lowest BCUT2D eigenvalue weighted by molar-refractivity contribution is 0.110. The number of nitrogens with zero attached hydrogens (tertiary/aromatic N) is 2. The van der Waals surface area contributed by atoms with Gasteiger partial charge in [0.05, 0.1) is 24.0 Å². The van der Waals surface area contributed by atoms with Gasteiger partial charge in [0.25, 0.3) is 0 Å². The summed E-state index contributed by atoms with van der Waals surface area (Å²) in [5.41, 5.74) is 22.1. The minimum Gasteiger partial charge on any atom is -0.491 e. The van der Waals surface area contributed by atoms with Crippen molar-refractivity contribution in [3.8, 4) is 44.9 Å². The van der Waals surface area contributed by atoms with E-state index >= 15 is 0 Å². The number of benzene rings is 11. The average Bonchev–Trinajstić information content (AvgIpc) is 1.56. The van der Waals surface area contributed by atoms with Gasteiger partial charge in [0.1, 0.15) is 24.7 Å². The molecule has 0 fully saturated rings. The molecule has 14 rings (SSSR count). The lowest BCUT2D eigenvalue weighted by atomic mass is 9.65. The minimum absolute atomic E-state index is 0.0540. The molecule has 0 aliphatic heterocycles. The quantitative estimate of drug-likeness (QED) is 0.0287. The molecule has 0 saturated carbocycles. The van der Waals surface area contributed by atoms with Crippen LogP contribution >= 0.6 is 23.5 Å². The first-order chi connectivity index (χ1) is 47.8. The molecule has 0 heterocycles. The molecule has 3 unspecified atom stereocenters. The molecule has 482 valence electrons. The number of thioether (sulfide) groups is 2. The second-order valence-electron chi connectivity index (χ2n) is 24.9. The number of fused-ring (bicyclic) bond motifs is 6. The molecule has 8 heteroatoms. The normalized spacial score (nSPS) is 17.1. The smallest absolute Gasteiger partial charge is 0.119 e. The Kier molecular flexibility index (Phi) is 19.2. The van der Waals surface area contributed by atoms with Crippen molar-refractivity contribution in [2.75, 3.05) is 60.9 Å². The largest absolute Gasteiger partial charge is 0.491 e. The highest BCUT2D eigenvalue weighted by Crippen LogP contribution is 2.61. The number of allylic oxidation sites excluding steroid dienone is 3. The van der Waals surface area contributed by atoms with E-state index in [1.807, 2.05) is 37.8 Å². The Bertz CT molecular complexity index is 4630. The third-order valence-corrected chi connectivity index (χ3v) is 21.5. The molecule has 0 N–H and O–H groups in total. The Morgan fingerprint density at radius 1 is 0.412 bits per heavy atom. The minimum atomic E-state index is -0.649. The van der Waals surface area contributed by atoms with Gasteiger partial charge in [0.2, 0.25) is 0 Å². The molecule has 3 aliphatic carbocycles. The fourth-order valence-electron chi connectivity index (χ4n) is 14.7. The first-order valence-electron chi connectivity index (χ1n) is 33.8.